The Morgan fingerprint density at radius 2 is 1.95 bits per heavy atom. The molecule has 0 bridgehead atoms. The Hall–Kier alpha value is -1.35. The van der Waals surface area contributed by atoms with Crippen LogP contribution in [0.5, 0.6) is 0 Å². The first-order valence-electron chi connectivity index (χ1n) is 8.78. The number of hydrogen-bond donors (Lipinski definition) is 0. The lowest BCUT2D eigenvalue weighted by molar-refractivity contribution is -0.132. The first-order chi connectivity index (χ1) is 10.7. The van der Waals surface area contributed by atoms with Gasteiger partial charge in [0.1, 0.15) is 0 Å². The molecule has 1 aliphatic carbocycles. The lowest BCUT2D eigenvalue weighted by Gasteiger charge is -2.42. The van der Waals surface area contributed by atoms with Crippen LogP contribution < -0.4 is 0 Å². The quantitative estimate of drug-likeness (QED) is 0.854. The van der Waals surface area contributed by atoms with Gasteiger partial charge in [-0.1, -0.05) is 31.2 Å². The Balaban J connectivity index is 1.66. The number of piperidine rings is 1. The van der Waals surface area contributed by atoms with E-state index < -0.39 is 0 Å². The number of amides is 1. The molecule has 2 aliphatic rings. The lowest BCUT2D eigenvalue weighted by Crippen LogP contribution is -2.46. The Bertz CT molecular complexity index is 520. The van der Waals surface area contributed by atoms with Crippen molar-refractivity contribution in [2.45, 2.75) is 57.5 Å². The molecular formula is C19H28N2O. The summed E-state index contributed by atoms with van der Waals surface area (Å²) >= 11 is 0. The molecule has 1 fully saturated rings. The van der Waals surface area contributed by atoms with Crippen LogP contribution in [0.3, 0.4) is 0 Å². The van der Waals surface area contributed by atoms with Crippen LogP contribution >= 0.6 is 0 Å². The third-order valence-electron chi connectivity index (χ3n) is 5.52. The highest BCUT2D eigenvalue weighted by Crippen LogP contribution is 2.36. The van der Waals surface area contributed by atoms with Crippen LogP contribution in [-0.4, -0.2) is 41.9 Å². The van der Waals surface area contributed by atoms with Crippen molar-refractivity contribution in [2.75, 3.05) is 20.1 Å². The fraction of sp³-hybridized carbons (Fsp3) is 0.632. The molecule has 1 aliphatic heterocycles. The maximum absolute atomic E-state index is 11.8. The standard InChI is InChI=1S/C19H28N2O/c1-3-19(22)21-13-11-16(12-14-21)20(2)18-10-6-8-15-7-4-5-9-17(15)18/h4-5,7,9,16,18H,3,6,8,10-14H2,1-2H3. The smallest absolute Gasteiger partial charge is 0.222 e. The van der Waals surface area contributed by atoms with Crippen molar-refractivity contribution in [3.63, 3.8) is 0 Å². The van der Waals surface area contributed by atoms with E-state index in [-0.39, 0.29) is 0 Å². The molecule has 22 heavy (non-hydrogen) atoms. The summed E-state index contributed by atoms with van der Waals surface area (Å²) in [5.74, 6) is 0.309. The summed E-state index contributed by atoms with van der Waals surface area (Å²) in [6, 6.07) is 10.1. The molecule has 0 saturated carbocycles. The summed E-state index contributed by atoms with van der Waals surface area (Å²) in [5.41, 5.74) is 3.06. The zero-order chi connectivity index (χ0) is 15.5. The molecule has 1 aromatic carbocycles. The summed E-state index contributed by atoms with van der Waals surface area (Å²) in [4.78, 5) is 16.5. The van der Waals surface area contributed by atoms with Gasteiger partial charge in [0.15, 0.2) is 0 Å². The number of hydrogen-bond acceptors (Lipinski definition) is 2. The van der Waals surface area contributed by atoms with Crippen LogP contribution in [0.1, 0.15) is 56.2 Å². The maximum Gasteiger partial charge on any atom is 0.222 e. The van der Waals surface area contributed by atoms with Gasteiger partial charge in [0.05, 0.1) is 0 Å². The summed E-state index contributed by atoms with van der Waals surface area (Å²) in [5, 5.41) is 0. The van der Waals surface area contributed by atoms with E-state index in [1.165, 1.54) is 30.4 Å². The van der Waals surface area contributed by atoms with E-state index in [1.54, 1.807) is 0 Å². The number of likely N-dealkylation sites (tertiary alicyclic amines) is 1. The summed E-state index contributed by atoms with van der Waals surface area (Å²) in [7, 11) is 2.29. The SMILES string of the molecule is CCC(=O)N1CCC(N(C)C2CCCc3ccccc32)CC1. The summed E-state index contributed by atoms with van der Waals surface area (Å²) in [6.07, 6.45) is 6.64. The average molecular weight is 300 g/mol. The van der Waals surface area contributed by atoms with Crippen molar-refractivity contribution in [1.29, 1.82) is 0 Å². The molecule has 1 amide bonds. The molecule has 3 rings (SSSR count). The van der Waals surface area contributed by atoms with Crippen molar-refractivity contribution in [2.24, 2.45) is 0 Å². The van der Waals surface area contributed by atoms with Gasteiger partial charge in [-0.05, 0) is 50.3 Å². The highest BCUT2D eigenvalue weighted by Gasteiger charge is 2.31. The molecule has 3 heteroatoms. The van der Waals surface area contributed by atoms with Gasteiger partial charge >= 0.3 is 0 Å². The topological polar surface area (TPSA) is 23.6 Å². The number of carbonyl (C=O) groups is 1. The van der Waals surface area contributed by atoms with Crippen LogP contribution in [0.15, 0.2) is 24.3 Å². The number of carbonyl (C=O) groups excluding carboxylic acids is 1. The largest absolute Gasteiger partial charge is 0.343 e. The van der Waals surface area contributed by atoms with Crippen LogP contribution in [0, 0.1) is 0 Å². The van der Waals surface area contributed by atoms with Crippen molar-refractivity contribution < 1.29 is 4.79 Å². The van der Waals surface area contributed by atoms with Gasteiger partial charge in [-0.15, -0.1) is 0 Å². The highest BCUT2D eigenvalue weighted by molar-refractivity contribution is 5.75. The number of benzene rings is 1. The Morgan fingerprint density at radius 1 is 1.23 bits per heavy atom. The van der Waals surface area contributed by atoms with Gasteiger partial charge < -0.3 is 4.90 Å². The van der Waals surface area contributed by atoms with Gasteiger partial charge in [0, 0.05) is 31.6 Å². The molecule has 0 radical (unpaired) electrons. The van der Waals surface area contributed by atoms with Crippen molar-refractivity contribution in [3.05, 3.63) is 35.4 Å². The van der Waals surface area contributed by atoms with Crippen molar-refractivity contribution in [1.82, 2.24) is 9.80 Å². The Morgan fingerprint density at radius 3 is 2.68 bits per heavy atom. The highest BCUT2D eigenvalue weighted by atomic mass is 16.2. The van der Waals surface area contributed by atoms with Crippen molar-refractivity contribution in [3.8, 4) is 0 Å². The molecule has 0 aromatic heterocycles. The summed E-state index contributed by atoms with van der Waals surface area (Å²) < 4.78 is 0. The van der Waals surface area contributed by atoms with E-state index in [9.17, 15) is 4.79 Å². The molecule has 1 heterocycles. The number of rotatable bonds is 3. The molecular weight excluding hydrogens is 272 g/mol. The van der Waals surface area contributed by atoms with Crippen LogP contribution in [0.2, 0.25) is 0 Å². The second-order valence-corrected chi connectivity index (χ2v) is 6.74. The van der Waals surface area contributed by atoms with E-state index in [0.29, 0.717) is 24.4 Å². The molecule has 1 saturated heterocycles. The minimum Gasteiger partial charge on any atom is -0.343 e. The minimum atomic E-state index is 0.309. The zero-order valence-electron chi connectivity index (χ0n) is 13.9. The fourth-order valence-electron chi connectivity index (χ4n) is 4.15. The normalized spacial score (nSPS) is 22.7. The van der Waals surface area contributed by atoms with E-state index in [1.807, 2.05) is 11.8 Å². The first kappa shape index (κ1) is 15.5. The number of aryl methyl sites for hydroxylation is 1. The van der Waals surface area contributed by atoms with Crippen LogP contribution in [0.4, 0.5) is 0 Å². The van der Waals surface area contributed by atoms with Gasteiger partial charge in [-0.25, -0.2) is 0 Å². The zero-order valence-corrected chi connectivity index (χ0v) is 13.9. The Kier molecular flexibility index (Phi) is 4.82. The average Bonchev–Trinajstić information content (AvgIpc) is 2.60. The molecule has 3 nitrogen and oxygen atoms in total. The van der Waals surface area contributed by atoms with E-state index in [4.69, 9.17) is 0 Å². The van der Waals surface area contributed by atoms with Gasteiger partial charge in [-0.2, -0.15) is 0 Å². The minimum absolute atomic E-state index is 0.309. The predicted molar refractivity (Wildman–Crippen MR) is 89.8 cm³/mol. The molecule has 120 valence electrons. The van der Waals surface area contributed by atoms with Gasteiger partial charge in [-0.3, -0.25) is 9.69 Å². The number of nitrogens with zero attached hydrogens (tertiary/aromatic N) is 2. The second kappa shape index (κ2) is 6.82. The van der Waals surface area contributed by atoms with E-state index >= 15 is 0 Å². The monoisotopic (exact) mass is 300 g/mol. The maximum atomic E-state index is 11.8. The fourth-order valence-corrected chi connectivity index (χ4v) is 4.15. The third-order valence-corrected chi connectivity index (χ3v) is 5.52. The Labute approximate surface area is 134 Å². The van der Waals surface area contributed by atoms with E-state index in [0.717, 1.165) is 25.9 Å². The molecule has 1 atom stereocenters. The van der Waals surface area contributed by atoms with Crippen LogP contribution in [-0.2, 0) is 11.2 Å². The van der Waals surface area contributed by atoms with E-state index in [2.05, 4.69) is 36.2 Å². The van der Waals surface area contributed by atoms with Crippen LogP contribution in [0.25, 0.3) is 0 Å². The molecule has 1 aromatic rings. The van der Waals surface area contributed by atoms with Gasteiger partial charge in [0.25, 0.3) is 0 Å². The predicted octanol–water partition coefficient (Wildman–Crippen LogP) is 3.40. The second-order valence-electron chi connectivity index (χ2n) is 6.74. The first-order valence-corrected chi connectivity index (χ1v) is 8.78. The number of fused-ring (bicyclic) bond motifs is 1. The lowest BCUT2D eigenvalue weighted by atomic mass is 9.85. The summed E-state index contributed by atoms with van der Waals surface area (Å²) in [6.45, 7) is 3.81. The van der Waals surface area contributed by atoms with Gasteiger partial charge in [0.2, 0.25) is 5.91 Å². The molecule has 0 N–H and O–H groups in total. The molecule has 0 spiro atoms. The third kappa shape index (κ3) is 3.05. The molecule has 1 unspecified atom stereocenters. The van der Waals surface area contributed by atoms with Crippen molar-refractivity contribution >= 4 is 5.91 Å².